The van der Waals surface area contributed by atoms with Crippen LogP contribution in [0.1, 0.15) is 39.5 Å². The Morgan fingerprint density at radius 1 is 1.48 bits per heavy atom. The van der Waals surface area contributed by atoms with E-state index in [1.165, 1.54) is 7.11 Å². The van der Waals surface area contributed by atoms with Gasteiger partial charge in [-0.05, 0) is 52.6 Å². The zero-order valence-electron chi connectivity index (χ0n) is 13.9. The van der Waals surface area contributed by atoms with Gasteiger partial charge in [0.05, 0.1) is 19.3 Å². The molecule has 21 heavy (non-hydrogen) atoms. The quantitative estimate of drug-likeness (QED) is 0.778. The standard InChI is InChI=1S/C16H30N2O3/c1-15(2)12-18(10-11-21-15)9-7-13-6-5-8-16(13,17-3)14(19)20-4/h13,17H,5-12H2,1-4H3. The third-order valence-electron chi connectivity index (χ3n) is 5.11. The highest BCUT2D eigenvalue weighted by atomic mass is 16.5. The Hall–Kier alpha value is -0.650. The first kappa shape index (κ1) is 16.7. The number of carbonyl (C=O) groups excluding carboxylic acids is 1. The van der Waals surface area contributed by atoms with Gasteiger partial charge >= 0.3 is 5.97 Å². The molecule has 1 saturated carbocycles. The molecule has 0 spiro atoms. The normalized spacial score (nSPS) is 33.0. The molecule has 2 atom stereocenters. The van der Waals surface area contributed by atoms with Crippen LogP contribution in [0.3, 0.4) is 0 Å². The number of likely N-dealkylation sites (N-methyl/N-ethyl adjacent to an activating group) is 1. The minimum Gasteiger partial charge on any atom is -0.468 e. The first-order valence-corrected chi connectivity index (χ1v) is 8.07. The minimum absolute atomic E-state index is 0.0592. The van der Waals surface area contributed by atoms with Crippen molar-refractivity contribution in [2.45, 2.75) is 50.7 Å². The topological polar surface area (TPSA) is 50.8 Å². The van der Waals surface area contributed by atoms with E-state index in [-0.39, 0.29) is 11.6 Å². The van der Waals surface area contributed by atoms with Gasteiger partial charge in [-0.1, -0.05) is 6.42 Å². The maximum absolute atomic E-state index is 12.2. The van der Waals surface area contributed by atoms with Crippen LogP contribution in [0.4, 0.5) is 0 Å². The van der Waals surface area contributed by atoms with E-state index in [9.17, 15) is 4.79 Å². The number of rotatable bonds is 5. The molecule has 5 nitrogen and oxygen atoms in total. The van der Waals surface area contributed by atoms with Crippen LogP contribution in [0.2, 0.25) is 0 Å². The van der Waals surface area contributed by atoms with Gasteiger partial charge in [0.1, 0.15) is 5.54 Å². The van der Waals surface area contributed by atoms with E-state index in [0.717, 1.165) is 51.9 Å². The molecule has 2 unspecified atom stereocenters. The number of morpholine rings is 1. The Labute approximate surface area is 128 Å². The Bertz CT molecular complexity index is 373. The van der Waals surface area contributed by atoms with Crippen molar-refractivity contribution < 1.29 is 14.3 Å². The van der Waals surface area contributed by atoms with Gasteiger partial charge in [0, 0.05) is 13.1 Å². The van der Waals surface area contributed by atoms with Crippen molar-refractivity contribution in [2.24, 2.45) is 5.92 Å². The van der Waals surface area contributed by atoms with Crippen LogP contribution in [-0.4, -0.2) is 62.4 Å². The van der Waals surface area contributed by atoms with Crippen LogP contribution in [0, 0.1) is 5.92 Å². The van der Waals surface area contributed by atoms with E-state index in [0.29, 0.717) is 5.92 Å². The van der Waals surface area contributed by atoms with Crippen molar-refractivity contribution in [3.05, 3.63) is 0 Å². The molecule has 2 fully saturated rings. The summed E-state index contributed by atoms with van der Waals surface area (Å²) < 4.78 is 10.8. The molecule has 1 heterocycles. The van der Waals surface area contributed by atoms with Crippen LogP contribution in [0.15, 0.2) is 0 Å². The van der Waals surface area contributed by atoms with Gasteiger partial charge in [-0.25, -0.2) is 0 Å². The summed E-state index contributed by atoms with van der Waals surface area (Å²) in [6.45, 7) is 8.05. The molecular formula is C16H30N2O3. The molecule has 1 saturated heterocycles. The highest BCUT2D eigenvalue weighted by Gasteiger charge is 2.48. The van der Waals surface area contributed by atoms with Crippen LogP contribution < -0.4 is 5.32 Å². The van der Waals surface area contributed by atoms with Crippen molar-refractivity contribution in [3.8, 4) is 0 Å². The highest BCUT2D eigenvalue weighted by Crippen LogP contribution is 2.39. The summed E-state index contributed by atoms with van der Waals surface area (Å²) in [6, 6.07) is 0. The summed E-state index contributed by atoms with van der Waals surface area (Å²) in [4.78, 5) is 14.7. The second-order valence-electron chi connectivity index (χ2n) is 6.98. The summed E-state index contributed by atoms with van der Waals surface area (Å²) in [5.74, 6) is 0.260. The van der Waals surface area contributed by atoms with Gasteiger partial charge in [-0.2, -0.15) is 0 Å². The van der Waals surface area contributed by atoms with Gasteiger partial charge in [0.15, 0.2) is 0 Å². The Morgan fingerprint density at radius 3 is 2.86 bits per heavy atom. The van der Waals surface area contributed by atoms with E-state index in [4.69, 9.17) is 9.47 Å². The first-order valence-electron chi connectivity index (χ1n) is 8.07. The number of nitrogens with zero attached hydrogens (tertiary/aromatic N) is 1. The van der Waals surface area contributed by atoms with Crippen LogP contribution in [0.5, 0.6) is 0 Å². The fourth-order valence-corrected chi connectivity index (χ4v) is 3.99. The van der Waals surface area contributed by atoms with Crippen molar-refractivity contribution in [1.29, 1.82) is 0 Å². The average molecular weight is 298 g/mol. The number of carbonyl (C=O) groups is 1. The lowest BCUT2D eigenvalue weighted by atomic mass is 9.84. The van der Waals surface area contributed by atoms with E-state index in [1.807, 2.05) is 7.05 Å². The van der Waals surface area contributed by atoms with Crippen molar-refractivity contribution in [3.63, 3.8) is 0 Å². The fraction of sp³-hybridized carbons (Fsp3) is 0.938. The monoisotopic (exact) mass is 298 g/mol. The number of methoxy groups -OCH3 is 1. The third kappa shape index (κ3) is 3.58. The molecule has 2 rings (SSSR count). The molecule has 0 amide bonds. The van der Waals surface area contributed by atoms with Crippen molar-refractivity contribution in [1.82, 2.24) is 10.2 Å². The molecule has 1 aliphatic carbocycles. The van der Waals surface area contributed by atoms with Crippen LogP contribution >= 0.6 is 0 Å². The summed E-state index contributed by atoms with van der Waals surface area (Å²) in [6.07, 6.45) is 4.11. The molecule has 0 aromatic carbocycles. The minimum atomic E-state index is -0.476. The Kier molecular flexibility index (Phi) is 5.28. The molecule has 0 bridgehead atoms. The number of esters is 1. The third-order valence-corrected chi connectivity index (χ3v) is 5.11. The maximum Gasteiger partial charge on any atom is 0.326 e. The molecule has 5 heteroatoms. The Balaban J connectivity index is 1.94. The molecule has 0 aromatic heterocycles. The summed E-state index contributed by atoms with van der Waals surface area (Å²) in [7, 11) is 3.37. The largest absolute Gasteiger partial charge is 0.468 e. The van der Waals surface area contributed by atoms with Crippen molar-refractivity contribution >= 4 is 5.97 Å². The lowest BCUT2D eigenvalue weighted by Gasteiger charge is -2.39. The number of nitrogens with one attached hydrogen (secondary N) is 1. The predicted octanol–water partition coefficient (Wildman–Crippen LogP) is 1.42. The summed E-state index contributed by atoms with van der Waals surface area (Å²) in [5, 5.41) is 3.26. The van der Waals surface area contributed by atoms with Crippen LogP contribution in [0.25, 0.3) is 0 Å². The molecule has 2 aliphatic rings. The SMILES string of the molecule is CNC1(C(=O)OC)CCCC1CCN1CCOC(C)(C)C1. The molecule has 1 aliphatic heterocycles. The first-order chi connectivity index (χ1) is 9.93. The fourth-order valence-electron chi connectivity index (χ4n) is 3.99. The number of hydrogen-bond donors (Lipinski definition) is 1. The summed E-state index contributed by atoms with van der Waals surface area (Å²) in [5.41, 5.74) is -0.535. The Morgan fingerprint density at radius 2 is 2.24 bits per heavy atom. The van der Waals surface area contributed by atoms with E-state index >= 15 is 0 Å². The molecule has 122 valence electrons. The maximum atomic E-state index is 12.2. The van der Waals surface area contributed by atoms with Crippen molar-refractivity contribution in [2.75, 3.05) is 40.4 Å². The van der Waals surface area contributed by atoms with Gasteiger partial charge < -0.3 is 14.8 Å². The molecule has 0 aromatic rings. The van der Waals surface area contributed by atoms with E-state index in [1.54, 1.807) is 0 Å². The van der Waals surface area contributed by atoms with Gasteiger partial charge in [-0.3, -0.25) is 9.69 Å². The van der Waals surface area contributed by atoms with Crippen LogP contribution in [-0.2, 0) is 14.3 Å². The molecule has 1 N–H and O–H groups in total. The molecule has 0 radical (unpaired) electrons. The second-order valence-corrected chi connectivity index (χ2v) is 6.98. The zero-order valence-corrected chi connectivity index (χ0v) is 13.9. The summed E-state index contributed by atoms with van der Waals surface area (Å²) >= 11 is 0. The number of hydrogen-bond acceptors (Lipinski definition) is 5. The molecular weight excluding hydrogens is 268 g/mol. The zero-order chi connectivity index (χ0) is 15.5. The average Bonchev–Trinajstić information content (AvgIpc) is 2.87. The smallest absolute Gasteiger partial charge is 0.326 e. The number of ether oxygens (including phenoxy) is 2. The predicted molar refractivity (Wildman–Crippen MR) is 82.2 cm³/mol. The van der Waals surface area contributed by atoms with E-state index < -0.39 is 5.54 Å². The van der Waals surface area contributed by atoms with Gasteiger partial charge in [0.25, 0.3) is 0 Å². The lowest BCUT2D eigenvalue weighted by Crippen LogP contribution is -2.55. The lowest BCUT2D eigenvalue weighted by molar-refractivity contribution is -0.150. The van der Waals surface area contributed by atoms with E-state index in [2.05, 4.69) is 24.1 Å². The second kappa shape index (κ2) is 6.63. The highest BCUT2D eigenvalue weighted by molar-refractivity contribution is 5.81. The van der Waals surface area contributed by atoms with Gasteiger partial charge in [-0.15, -0.1) is 0 Å². The van der Waals surface area contributed by atoms with Gasteiger partial charge in [0.2, 0.25) is 0 Å².